The van der Waals surface area contributed by atoms with Crippen molar-refractivity contribution in [1.29, 1.82) is 0 Å². The number of carbonyl (C=O) groups excluding carboxylic acids is 1. The molecule has 0 aliphatic carbocycles. The molecule has 7 nitrogen and oxygen atoms in total. The number of carbonyl (C=O) groups is 1. The SMILES string of the molecule is CCN(C(=O)C1=C(C)Nc2cc(C(F)(F)F)nn2C1c1ccc(Cl)c(Cl)c1)S(=O)(=O)c1ccc(C)cc1. The van der Waals surface area contributed by atoms with Crippen molar-refractivity contribution in [2.75, 3.05) is 11.9 Å². The zero-order chi connectivity index (χ0) is 27.3. The van der Waals surface area contributed by atoms with Gasteiger partial charge in [-0.15, -0.1) is 0 Å². The quantitative estimate of drug-likeness (QED) is 0.402. The summed E-state index contributed by atoms with van der Waals surface area (Å²) >= 11 is 12.2. The maximum Gasteiger partial charge on any atom is 0.435 e. The number of halogens is 5. The first-order valence-corrected chi connectivity index (χ1v) is 13.2. The Bertz CT molecular complexity index is 1520. The normalized spacial score (nSPS) is 15.8. The van der Waals surface area contributed by atoms with Crippen molar-refractivity contribution in [3.8, 4) is 0 Å². The molecule has 1 atom stereocenters. The van der Waals surface area contributed by atoms with Crippen LogP contribution in [0.1, 0.15) is 36.7 Å². The molecule has 196 valence electrons. The Morgan fingerprint density at radius 3 is 2.30 bits per heavy atom. The van der Waals surface area contributed by atoms with E-state index in [2.05, 4.69) is 10.4 Å². The Morgan fingerprint density at radius 2 is 1.73 bits per heavy atom. The van der Waals surface area contributed by atoms with Crippen molar-refractivity contribution in [1.82, 2.24) is 14.1 Å². The van der Waals surface area contributed by atoms with Gasteiger partial charge in [0.2, 0.25) is 0 Å². The molecule has 1 aliphatic rings. The summed E-state index contributed by atoms with van der Waals surface area (Å²) in [5.41, 5.74) is -0.00336. The second kappa shape index (κ2) is 9.70. The third-order valence-electron chi connectivity index (χ3n) is 5.88. The number of aryl methyl sites for hydroxylation is 1. The van der Waals surface area contributed by atoms with Crippen LogP contribution in [0.3, 0.4) is 0 Å². The molecule has 3 aromatic rings. The van der Waals surface area contributed by atoms with Crippen LogP contribution in [0.4, 0.5) is 19.0 Å². The average molecular weight is 573 g/mol. The Hall–Kier alpha value is -3.02. The summed E-state index contributed by atoms with van der Waals surface area (Å²) in [6.45, 7) is 4.54. The van der Waals surface area contributed by atoms with Crippen LogP contribution >= 0.6 is 23.2 Å². The zero-order valence-corrected chi connectivity index (χ0v) is 22.1. The van der Waals surface area contributed by atoms with Crippen LogP contribution in [0.2, 0.25) is 10.0 Å². The van der Waals surface area contributed by atoms with Gasteiger partial charge in [0.05, 0.1) is 20.5 Å². The van der Waals surface area contributed by atoms with Crippen molar-refractivity contribution >= 4 is 45.0 Å². The van der Waals surface area contributed by atoms with E-state index < -0.39 is 33.8 Å². The number of fused-ring (bicyclic) bond motifs is 1. The lowest BCUT2D eigenvalue weighted by molar-refractivity contribution is -0.141. The minimum absolute atomic E-state index is 0.0260. The van der Waals surface area contributed by atoms with E-state index in [4.69, 9.17) is 23.2 Å². The molecule has 1 aliphatic heterocycles. The third-order valence-corrected chi connectivity index (χ3v) is 8.49. The fraction of sp³-hybridized carbons (Fsp3) is 0.250. The molecule has 13 heteroatoms. The molecule has 0 bridgehead atoms. The van der Waals surface area contributed by atoms with Crippen molar-refractivity contribution < 1.29 is 26.4 Å². The predicted octanol–water partition coefficient (Wildman–Crippen LogP) is 6.04. The summed E-state index contributed by atoms with van der Waals surface area (Å²) < 4.78 is 69.1. The van der Waals surface area contributed by atoms with Crippen molar-refractivity contribution in [2.24, 2.45) is 0 Å². The molecule has 0 saturated heterocycles. The smallest absolute Gasteiger partial charge is 0.344 e. The summed E-state index contributed by atoms with van der Waals surface area (Å²) in [5.74, 6) is -0.944. The number of sulfonamides is 1. The number of nitrogens with one attached hydrogen (secondary N) is 1. The number of likely N-dealkylation sites (N-methyl/N-ethyl adjacent to an activating group) is 1. The first-order chi connectivity index (χ1) is 17.3. The lowest BCUT2D eigenvalue weighted by Crippen LogP contribution is -2.41. The Morgan fingerprint density at radius 1 is 1.08 bits per heavy atom. The van der Waals surface area contributed by atoms with Crippen LogP contribution in [-0.2, 0) is 21.0 Å². The monoisotopic (exact) mass is 572 g/mol. The van der Waals surface area contributed by atoms with Gasteiger partial charge in [-0.05, 0) is 50.6 Å². The molecule has 4 rings (SSSR count). The van der Waals surface area contributed by atoms with Gasteiger partial charge in [-0.3, -0.25) is 4.79 Å². The fourth-order valence-electron chi connectivity index (χ4n) is 4.07. The van der Waals surface area contributed by atoms with Crippen LogP contribution in [0.5, 0.6) is 0 Å². The number of alkyl halides is 3. The molecule has 2 aromatic carbocycles. The van der Waals surface area contributed by atoms with E-state index >= 15 is 0 Å². The molecule has 1 aromatic heterocycles. The van der Waals surface area contributed by atoms with Crippen molar-refractivity contribution in [3.05, 3.63) is 86.7 Å². The van der Waals surface area contributed by atoms with E-state index in [9.17, 15) is 26.4 Å². The predicted molar refractivity (Wildman–Crippen MR) is 134 cm³/mol. The highest BCUT2D eigenvalue weighted by molar-refractivity contribution is 7.89. The van der Waals surface area contributed by atoms with E-state index in [-0.39, 0.29) is 38.6 Å². The second-order valence-electron chi connectivity index (χ2n) is 8.38. The fourth-order valence-corrected chi connectivity index (χ4v) is 5.77. The number of rotatable bonds is 5. The first-order valence-electron chi connectivity index (χ1n) is 11.0. The molecule has 0 saturated carbocycles. The van der Waals surface area contributed by atoms with Gasteiger partial charge in [0.1, 0.15) is 11.9 Å². The van der Waals surface area contributed by atoms with Gasteiger partial charge in [-0.1, -0.05) is 47.0 Å². The van der Waals surface area contributed by atoms with E-state index in [1.807, 2.05) is 0 Å². The van der Waals surface area contributed by atoms with E-state index in [0.29, 0.717) is 9.87 Å². The number of aromatic nitrogens is 2. The van der Waals surface area contributed by atoms with Gasteiger partial charge in [-0.25, -0.2) is 17.4 Å². The minimum Gasteiger partial charge on any atom is -0.344 e. The van der Waals surface area contributed by atoms with Crippen LogP contribution < -0.4 is 5.32 Å². The number of allylic oxidation sites excluding steroid dienone is 1. The maximum absolute atomic E-state index is 13.9. The van der Waals surface area contributed by atoms with Gasteiger partial charge in [0.25, 0.3) is 15.9 Å². The maximum atomic E-state index is 13.9. The summed E-state index contributed by atoms with van der Waals surface area (Å²) in [7, 11) is -4.29. The molecule has 0 radical (unpaired) electrons. The van der Waals surface area contributed by atoms with Crippen LogP contribution in [0.15, 0.2) is 64.7 Å². The number of benzene rings is 2. The summed E-state index contributed by atoms with van der Waals surface area (Å²) in [5, 5.41) is 6.78. The highest BCUT2D eigenvalue weighted by Crippen LogP contribution is 2.41. The van der Waals surface area contributed by atoms with Gasteiger partial charge in [0.15, 0.2) is 5.69 Å². The molecule has 0 fully saturated rings. The zero-order valence-electron chi connectivity index (χ0n) is 19.8. The topological polar surface area (TPSA) is 84.3 Å². The standard InChI is InChI=1S/C24H21Cl2F3N4O3S/c1-4-32(37(35,36)16-8-5-13(2)6-9-16)23(34)21-14(3)30-20-12-19(24(27,28)29)31-33(20)22(21)15-7-10-17(25)18(26)11-15/h5-12,22,30H,4H2,1-3H3. The summed E-state index contributed by atoms with van der Waals surface area (Å²) in [4.78, 5) is 13.8. The van der Waals surface area contributed by atoms with Crippen molar-refractivity contribution in [3.63, 3.8) is 0 Å². The molecular formula is C24H21Cl2F3N4O3S. The third kappa shape index (κ3) is 4.95. The number of amides is 1. The highest BCUT2D eigenvalue weighted by atomic mass is 35.5. The molecule has 1 amide bonds. The lowest BCUT2D eigenvalue weighted by Gasteiger charge is -2.32. The van der Waals surface area contributed by atoms with E-state index in [1.54, 1.807) is 19.1 Å². The Kier molecular flexibility index (Phi) is 7.08. The largest absolute Gasteiger partial charge is 0.435 e. The molecule has 2 heterocycles. The number of hydrogen-bond acceptors (Lipinski definition) is 5. The summed E-state index contributed by atoms with van der Waals surface area (Å²) in [6.07, 6.45) is -4.75. The second-order valence-corrected chi connectivity index (χ2v) is 11.1. The molecule has 1 unspecified atom stereocenters. The van der Waals surface area contributed by atoms with E-state index in [0.717, 1.165) is 16.3 Å². The molecule has 1 N–H and O–H groups in total. The summed E-state index contributed by atoms with van der Waals surface area (Å²) in [6, 6.07) is 9.91. The van der Waals surface area contributed by atoms with E-state index in [1.165, 1.54) is 44.2 Å². The average Bonchev–Trinajstić information content (AvgIpc) is 3.24. The van der Waals surface area contributed by atoms with Gasteiger partial charge < -0.3 is 5.32 Å². The van der Waals surface area contributed by atoms with Crippen LogP contribution in [-0.4, -0.2) is 35.0 Å². The lowest BCUT2D eigenvalue weighted by atomic mass is 9.95. The molecule has 0 spiro atoms. The molecular weight excluding hydrogens is 552 g/mol. The van der Waals surface area contributed by atoms with Crippen molar-refractivity contribution in [2.45, 2.75) is 37.9 Å². The first kappa shape index (κ1) is 27.0. The minimum atomic E-state index is -4.75. The Labute approximate surface area is 221 Å². The molecule has 37 heavy (non-hydrogen) atoms. The number of nitrogens with zero attached hydrogens (tertiary/aromatic N) is 3. The van der Waals surface area contributed by atoms with Gasteiger partial charge in [0, 0.05) is 18.3 Å². The Balaban J connectivity index is 1.89. The van der Waals surface area contributed by atoms with Crippen LogP contribution in [0, 0.1) is 6.92 Å². The van der Waals surface area contributed by atoms with Gasteiger partial charge in [-0.2, -0.15) is 18.3 Å². The highest BCUT2D eigenvalue weighted by Gasteiger charge is 2.42. The van der Waals surface area contributed by atoms with Gasteiger partial charge >= 0.3 is 6.18 Å². The number of hydrogen-bond donors (Lipinski definition) is 1. The van der Waals surface area contributed by atoms with Crippen LogP contribution in [0.25, 0.3) is 0 Å². The number of anilines is 1.